The molecule has 0 radical (unpaired) electrons. The number of nitrogens with zero attached hydrogens (tertiary/aromatic N) is 3. The van der Waals surface area contributed by atoms with E-state index in [0.717, 1.165) is 29.7 Å². The summed E-state index contributed by atoms with van der Waals surface area (Å²) in [5.41, 5.74) is 3.17. The number of anilines is 1. The molecule has 1 aliphatic rings. The van der Waals surface area contributed by atoms with Gasteiger partial charge in [0.15, 0.2) is 0 Å². The van der Waals surface area contributed by atoms with Crippen molar-refractivity contribution in [2.24, 2.45) is 7.05 Å². The molecule has 7 nitrogen and oxygen atoms in total. The molecule has 0 unspecified atom stereocenters. The topological polar surface area (TPSA) is 76.5 Å². The minimum absolute atomic E-state index is 0.0191. The standard InChI is InChI=1S/C26H30N4O3/c1-18-9-10-21(28-25(31)19(2)20-7-5-4-6-8-20)15-24(18)33-22-11-13-30(14-12-22)26(32)23-16-29(3)17-27-23/h4-10,15-17,19,22H,11-14H2,1-3H3,(H,28,31)/t19-/m1/s1. The van der Waals surface area contributed by atoms with Crippen LogP contribution in [0.15, 0.2) is 61.1 Å². The number of imidazole rings is 1. The summed E-state index contributed by atoms with van der Waals surface area (Å²) in [6.07, 6.45) is 4.90. The van der Waals surface area contributed by atoms with Crippen molar-refractivity contribution in [2.75, 3.05) is 18.4 Å². The average Bonchev–Trinajstić information content (AvgIpc) is 3.27. The quantitative estimate of drug-likeness (QED) is 0.617. The number of likely N-dealkylation sites (tertiary alicyclic amines) is 1. The number of nitrogens with one attached hydrogen (secondary N) is 1. The molecular formula is C26H30N4O3. The average molecular weight is 447 g/mol. The van der Waals surface area contributed by atoms with E-state index in [1.165, 1.54) is 0 Å². The Morgan fingerprint density at radius 2 is 1.85 bits per heavy atom. The molecule has 1 aromatic heterocycles. The second-order valence-electron chi connectivity index (χ2n) is 8.64. The molecule has 0 bridgehead atoms. The first-order valence-corrected chi connectivity index (χ1v) is 11.3. The number of hydrogen-bond donors (Lipinski definition) is 1. The molecule has 33 heavy (non-hydrogen) atoms. The molecule has 172 valence electrons. The number of ether oxygens (including phenoxy) is 1. The SMILES string of the molecule is Cc1ccc(NC(=O)[C@H](C)c2ccccc2)cc1OC1CCN(C(=O)c2cn(C)cn2)CC1. The Morgan fingerprint density at radius 1 is 1.12 bits per heavy atom. The number of rotatable bonds is 6. The summed E-state index contributed by atoms with van der Waals surface area (Å²) in [5.74, 6) is 0.410. The van der Waals surface area contributed by atoms with Gasteiger partial charge in [-0.1, -0.05) is 36.4 Å². The van der Waals surface area contributed by atoms with Gasteiger partial charge < -0.3 is 19.5 Å². The van der Waals surface area contributed by atoms with Crippen LogP contribution < -0.4 is 10.1 Å². The number of aryl methyl sites for hydroxylation is 2. The predicted octanol–water partition coefficient (Wildman–Crippen LogP) is 4.15. The second-order valence-corrected chi connectivity index (χ2v) is 8.64. The van der Waals surface area contributed by atoms with E-state index in [4.69, 9.17) is 4.74 Å². The molecule has 1 fully saturated rings. The molecule has 1 saturated heterocycles. The fourth-order valence-electron chi connectivity index (χ4n) is 3.99. The maximum Gasteiger partial charge on any atom is 0.274 e. The highest BCUT2D eigenvalue weighted by Crippen LogP contribution is 2.27. The number of carbonyl (C=O) groups excluding carboxylic acids is 2. The van der Waals surface area contributed by atoms with Gasteiger partial charge in [-0.05, 0) is 31.0 Å². The van der Waals surface area contributed by atoms with Crippen LogP contribution in [-0.4, -0.2) is 45.5 Å². The van der Waals surface area contributed by atoms with Crippen molar-refractivity contribution in [1.82, 2.24) is 14.5 Å². The summed E-state index contributed by atoms with van der Waals surface area (Å²) in [7, 11) is 1.85. The molecule has 7 heteroatoms. The lowest BCUT2D eigenvalue weighted by Crippen LogP contribution is -2.42. The fourth-order valence-corrected chi connectivity index (χ4v) is 3.99. The summed E-state index contributed by atoms with van der Waals surface area (Å²) in [4.78, 5) is 31.3. The second kappa shape index (κ2) is 9.90. The highest BCUT2D eigenvalue weighted by atomic mass is 16.5. The number of aromatic nitrogens is 2. The largest absolute Gasteiger partial charge is 0.490 e. The minimum Gasteiger partial charge on any atom is -0.490 e. The van der Waals surface area contributed by atoms with E-state index in [1.807, 2.05) is 74.3 Å². The summed E-state index contributed by atoms with van der Waals surface area (Å²) in [6, 6.07) is 15.5. The molecule has 2 amide bonds. The van der Waals surface area contributed by atoms with E-state index < -0.39 is 0 Å². The molecule has 4 rings (SSSR count). The lowest BCUT2D eigenvalue weighted by atomic mass is 10.0. The van der Waals surface area contributed by atoms with Crippen molar-refractivity contribution in [3.8, 4) is 5.75 Å². The molecule has 3 aromatic rings. The first-order chi connectivity index (χ1) is 15.9. The van der Waals surface area contributed by atoms with Gasteiger partial charge in [0.25, 0.3) is 5.91 Å². The minimum atomic E-state index is -0.252. The van der Waals surface area contributed by atoms with E-state index in [9.17, 15) is 9.59 Å². The Labute approximate surface area is 194 Å². The van der Waals surface area contributed by atoms with Crippen molar-refractivity contribution >= 4 is 17.5 Å². The van der Waals surface area contributed by atoms with Crippen LogP contribution in [-0.2, 0) is 11.8 Å². The Kier molecular flexibility index (Phi) is 6.77. The smallest absolute Gasteiger partial charge is 0.274 e. The highest BCUT2D eigenvalue weighted by Gasteiger charge is 2.26. The molecule has 1 atom stereocenters. The van der Waals surface area contributed by atoms with Gasteiger partial charge in [-0.3, -0.25) is 9.59 Å². The van der Waals surface area contributed by atoms with Crippen LogP contribution in [0.5, 0.6) is 5.75 Å². The number of hydrogen-bond acceptors (Lipinski definition) is 4. The molecule has 0 spiro atoms. The summed E-state index contributed by atoms with van der Waals surface area (Å²) in [6.45, 7) is 5.15. The van der Waals surface area contributed by atoms with E-state index in [-0.39, 0.29) is 23.8 Å². The van der Waals surface area contributed by atoms with E-state index in [0.29, 0.717) is 24.5 Å². The summed E-state index contributed by atoms with van der Waals surface area (Å²) >= 11 is 0. The monoisotopic (exact) mass is 446 g/mol. The Hall–Kier alpha value is -3.61. The molecule has 0 aliphatic carbocycles. The van der Waals surface area contributed by atoms with Crippen molar-refractivity contribution in [3.63, 3.8) is 0 Å². The van der Waals surface area contributed by atoms with Crippen LogP contribution in [0, 0.1) is 6.92 Å². The lowest BCUT2D eigenvalue weighted by Gasteiger charge is -2.32. The molecule has 2 heterocycles. The fraction of sp³-hybridized carbons (Fsp3) is 0.346. The van der Waals surface area contributed by atoms with Gasteiger partial charge in [-0.15, -0.1) is 0 Å². The third-order valence-corrected chi connectivity index (χ3v) is 6.10. The van der Waals surface area contributed by atoms with Crippen LogP contribution in [0.25, 0.3) is 0 Å². The third-order valence-electron chi connectivity index (χ3n) is 6.10. The zero-order valence-electron chi connectivity index (χ0n) is 19.3. The van der Waals surface area contributed by atoms with Crippen molar-refractivity contribution in [1.29, 1.82) is 0 Å². The molecule has 1 aliphatic heterocycles. The molecule has 1 N–H and O–H groups in total. The zero-order valence-corrected chi connectivity index (χ0v) is 19.3. The van der Waals surface area contributed by atoms with E-state index >= 15 is 0 Å². The summed E-state index contributed by atoms with van der Waals surface area (Å²) in [5, 5.41) is 3.01. The predicted molar refractivity (Wildman–Crippen MR) is 127 cm³/mol. The van der Waals surface area contributed by atoms with Gasteiger partial charge in [-0.25, -0.2) is 4.98 Å². The number of amides is 2. The Bertz CT molecular complexity index is 1120. The molecule has 2 aromatic carbocycles. The van der Waals surface area contributed by atoms with Crippen molar-refractivity contribution < 1.29 is 14.3 Å². The highest BCUT2D eigenvalue weighted by molar-refractivity contribution is 5.95. The third kappa shape index (κ3) is 5.42. The first-order valence-electron chi connectivity index (χ1n) is 11.3. The van der Waals surface area contributed by atoms with Gasteiger partial charge in [0.1, 0.15) is 17.5 Å². The van der Waals surface area contributed by atoms with Gasteiger partial charge in [0, 0.05) is 50.9 Å². The number of benzene rings is 2. The van der Waals surface area contributed by atoms with Crippen LogP contribution in [0.3, 0.4) is 0 Å². The van der Waals surface area contributed by atoms with Gasteiger partial charge >= 0.3 is 0 Å². The molecular weight excluding hydrogens is 416 g/mol. The van der Waals surface area contributed by atoms with Gasteiger partial charge in [0.05, 0.1) is 12.2 Å². The van der Waals surface area contributed by atoms with Crippen molar-refractivity contribution in [2.45, 2.75) is 38.7 Å². The Balaban J connectivity index is 1.35. The summed E-state index contributed by atoms with van der Waals surface area (Å²) < 4.78 is 8.06. The number of piperidine rings is 1. The van der Waals surface area contributed by atoms with Crippen LogP contribution in [0.4, 0.5) is 5.69 Å². The lowest BCUT2D eigenvalue weighted by molar-refractivity contribution is -0.117. The zero-order chi connectivity index (χ0) is 23.4. The Morgan fingerprint density at radius 3 is 2.52 bits per heavy atom. The van der Waals surface area contributed by atoms with Gasteiger partial charge in [-0.2, -0.15) is 0 Å². The van der Waals surface area contributed by atoms with E-state index in [1.54, 1.807) is 17.1 Å². The number of carbonyl (C=O) groups is 2. The maximum absolute atomic E-state index is 12.7. The van der Waals surface area contributed by atoms with Gasteiger partial charge in [0.2, 0.25) is 5.91 Å². The normalized spacial score (nSPS) is 15.2. The maximum atomic E-state index is 12.7. The molecule has 0 saturated carbocycles. The first kappa shape index (κ1) is 22.6. The van der Waals surface area contributed by atoms with Crippen LogP contribution >= 0.6 is 0 Å². The van der Waals surface area contributed by atoms with Crippen molar-refractivity contribution in [3.05, 3.63) is 77.9 Å². The van der Waals surface area contributed by atoms with E-state index in [2.05, 4.69) is 10.3 Å². The van der Waals surface area contributed by atoms with Crippen LogP contribution in [0.1, 0.15) is 47.3 Å². The van der Waals surface area contributed by atoms with Crippen LogP contribution in [0.2, 0.25) is 0 Å².